The number of aromatic hydroxyl groups is 1. The van der Waals surface area contributed by atoms with Crippen molar-refractivity contribution in [2.75, 3.05) is 0 Å². The lowest BCUT2D eigenvalue weighted by atomic mass is 9.90. The van der Waals surface area contributed by atoms with Crippen molar-refractivity contribution in [2.45, 2.75) is 13.3 Å². The van der Waals surface area contributed by atoms with E-state index in [2.05, 4.69) is 19.1 Å². The highest BCUT2D eigenvalue weighted by molar-refractivity contribution is 5.60. The summed E-state index contributed by atoms with van der Waals surface area (Å²) in [6.07, 6.45) is 5.23. The minimum atomic E-state index is 0.434. The van der Waals surface area contributed by atoms with Crippen LogP contribution >= 0.6 is 0 Å². The average molecular weight is 160 g/mol. The van der Waals surface area contributed by atoms with Crippen molar-refractivity contribution >= 4 is 6.08 Å². The van der Waals surface area contributed by atoms with E-state index in [1.165, 1.54) is 0 Å². The molecule has 1 nitrogen and oxygen atoms in total. The van der Waals surface area contributed by atoms with Crippen LogP contribution in [0.15, 0.2) is 24.3 Å². The van der Waals surface area contributed by atoms with Gasteiger partial charge in [0.15, 0.2) is 0 Å². The third-order valence-corrected chi connectivity index (χ3v) is 2.32. The molecular weight excluding hydrogens is 148 g/mol. The fourth-order valence-corrected chi connectivity index (χ4v) is 1.63. The first kappa shape index (κ1) is 7.41. The maximum atomic E-state index is 9.54. The van der Waals surface area contributed by atoms with Crippen LogP contribution in [0, 0.1) is 5.92 Å². The molecule has 1 aromatic rings. The van der Waals surface area contributed by atoms with E-state index in [0.717, 1.165) is 17.5 Å². The molecule has 62 valence electrons. The van der Waals surface area contributed by atoms with Crippen molar-refractivity contribution in [3.8, 4) is 5.75 Å². The standard InChI is InChI=1S/C11H12O/c1-8-5-6-9-3-2-4-11(12)10(9)7-8/h2-6,8,12H,7H2,1H3. The Morgan fingerprint density at radius 3 is 3.08 bits per heavy atom. The third-order valence-electron chi connectivity index (χ3n) is 2.32. The van der Waals surface area contributed by atoms with Gasteiger partial charge in [0.25, 0.3) is 0 Å². The normalized spacial score (nSPS) is 20.6. The highest BCUT2D eigenvalue weighted by atomic mass is 16.3. The Balaban J connectivity index is 2.53. The summed E-state index contributed by atoms with van der Waals surface area (Å²) in [7, 11) is 0. The molecule has 1 aliphatic carbocycles. The molecule has 0 aliphatic heterocycles. The number of rotatable bonds is 0. The second kappa shape index (κ2) is 2.67. The molecule has 1 N–H and O–H groups in total. The molecule has 1 atom stereocenters. The summed E-state index contributed by atoms with van der Waals surface area (Å²) in [4.78, 5) is 0. The molecule has 0 saturated carbocycles. The molecule has 12 heavy (non-hydrogen) atoms. The summed E-state index contributed by atoms with van der Waals surface area (Å²) < 4.78 is 0. The lowest BCUT2D eigenvalue weighted by Crippen LogP contribution is -2.02. The molecule has 0 spiro atoms. The number of phenolic OH excluding ortho intramolecular Hbond substituents is 1. The van der Waals surface area contributed by atoms with Gasteiger partial charge in [-0.1, -0.05) is 31.2 Å². The zero-order valence-corrected chi connectivity index (χ0v) is 7.12. The van der Waals surface area contributed by atoms with Gasteiger partial charge in [-0.25, -0.2) is 0 Å². The van der Waals surface area contributed by atoms with Crippen LogP contribution in [0.25, 0.3) is 6.08 Å². The third kappa shape index (κ3) is 1.11. The highest BCUT2D eigenvalue weighted by Crippen LogP contribution is 2.29. The molecule has 0 bridgehead atoms. The minimum absolute atomic E-state index is 0.434. The topological polar surface area (TPSA) is 20.2 Å². The van der Waals surface area contributed by atoms with Crippen molar-refractivity contribution in [3.05, 3.63) is 35.4 Å². The summed E-state index contributed by atoms with van der Waals surface area (Å²) in [6.45, 7) is 2.16. The number of hydrogen-bond acceptors (Lipinski definition) is 1. The lowest BCUT2D eigenvalue weighted by molar-refractivity contribution is 0.464. The maximum Gasteiger partial charge on any atom is 0.119 e. The number of benzene rings is 1. The van der Waals surface area contributed by atoms with Gasteiger partial charge in [0.1, 0.15) is 5.75 Å². The van der Waals surface area contributed by atoms with E-state index in [4.69, 9.17) is 0 Å². The lowest BCUT2D eigenvalue weighted by Gasteiger charge is -2.16. The van der Waals surface area contributed by atoms with E-state index < -0.39 is 0 Å². The fraction of sp³-hybridized carbons (Fsp3) is 0.273. The van der Waals surface area contributed by atoms with Gasteiger partial charge < -0.3 is 5.11 Å². The number of hydrogen-bond donors (Lipinski definition) is 1. The summed E-state index contributed by atoms with van der Waals surface area (Å²) in [5.41, 5.74) is 2.25. The molecule has 0 heterocycles. The fourth-order valence-electron chi connectivity index (χ4n) is 1.63. The molecule has 0 aromatic heterocycles. The van der Waals surface area contributed by atoms with Crippen molar-refractivity contribution in [1.29, 1.82) is 0 Å². The summed E-state index contributed by atoms with van der Waals surface area (Å²) in [5, 5.41) is 9.54. The van der Waals surface area contributed by atoms with Gasteiger partial charge in [-0.3, -0.25) is 0 Å². The second-order valence-electron chi connectivity index (χ2n) is 3.39. The van der Waals surface area contributed by atoms with Gasteiger partial charge >= 0.3 is 0 Å². The van der Waals surface area contributed by atoms with Gasteiger partial charge in [0, 0.05) is 5.56 Å². The van der Waals surface area contributed by atoms with E-state index in [1.54, 1.807) is 6.07 Å². The number of allylic oxidation sites excluding steroid dienone is 1. The van der Waals surface area contributed by atoms with Crippen molar-refractivity contribution in [2.24, 2.45) is 5.92 Å². The largest absolute Gasteiger partial charge is 0.508 e. The second-order valence-corrected chi connectivity index (χ2v) is 3.39. The molecule has 1 heteroatoms. The van der Waals surface area contributed by atoms with Crippen LogP contribution in [0.3, 0.4) is 0 Å². The zero-order chi connectivity index (χ0) is 8.55. The first-order valence-electron chi connectivity index (χ1n) is 4.26. The van der Waals surface area contributed by atoms with Crippen molar-refractivity contribution in [3.63, 3.8) is 0 Å². The maximum absolute atomic E-state index is 9.54. The van der Waals surface area contributed by atoms with E-state index >= 15 is 0 Å². The predicted molar refractivity (Wildman–Crippen MR) is 50.0 cm³/mol. The molecule has 1 aromatic carbocycles. The summed E-state index contributed by atoms with van der Waals surface area (Å²) >= 11 is 0. The molecule has 2 rings (SSSR count). The Morgan fingerprint density at radius 2 is 2.25 bits per heavy atom. The Hall–Kier alpha value is -1.24. The molecule has 0 amide bonds. The van der Waals surface area contributed by atoms with E-state index in [0.29, 0.717) is 11.7 Å². The van der Waals surface area contributed by atoms with Crippen LogP contribution in [-0.2, 0) is 6.42 Å². The van der Waals surface area contributed by atoms with Gasteiger partial charge in [-0.05, 0) is 24.0 Å². The van der Waals surface area contributed by atoms with E-state index in [9.17, 15) is 5.11 Å². The van der Waals surface area contributed by atoms with Gasteiger partial charge in [-0.15, -0.1) is 0 Å². The monoisotopic (exact) mass is 160 g/mol. The first-order chi connectivity index (χ1) is 5.77. The van der Waals surface area contributed by atoms with Crippen LogP contribution in [-0.4, -0.2) is 5.11 Å². The van der Waals surface area contributed by atoms with Crippen LogP contribution in [0.1, 0.15) is 18.1 Å². The Bertz CT molecular complexity index is 326. The minimum Gasteiger partial charge on any atom is -0.508 e. The van der Waals surface area contributed by atoms with Gasteiger partial charge in [0.2, 0.25) is 0 Å². The molecule has 1 aliphatic rings. The quantitative estimate of drug-likeness (QED) is 0.618. The van der Waals surface area contributed by atoms with Gasteiger partial charge in [-0.2, -0.15) is 0 Å². The summed E-state index contributed by atoms with van der Waals surface area (Å²) in [5.74, 6) is 0.981. The molecule has 0 saturated heterocycles. The van der Waals surface area contributed by atoms with Crippen LogP contribution in [0.5, 0.6) is 5.75 Å². The van der Waals surface area contributed by atoms with E-state index in [-0.39, 0.29) is 0 Å². The van der Waals surface area contributed by atoms with Crippen LogP contribution in [0.2, 0.25) is 0 Å². The number of fused-ring (bicyclic) bond motifs is 1. The Kier molecular flexibility index (Phi) is 1.65. The molecule has 0 radical (unpaired) electrons. The predicted octanol–water partition coefficient (Wildman–Crippen LogP) is 2.60. The Morgan fingerprint density at radius 1 is 1.42 bits per heavy atom. The number of phenols is 1. The van der Waals surface area contributed by atoms with Crippen LogP contribution < -0.4 is 0 Å². The SMILES string of the molecule is CC1C=Cc2cccc(O)c2C1. The molecule has 1 unspecified atom stereocenters. The van der Waals surface area contributed by atoms with E-state index in [1.807, 2.05) is 12.1 Å². The average Bonchev–Trinajstić information content (AvgIpc) is 2.07. The molecule has 0 fully saturated rings. The zero-order valence-electron chi connectivity index (χ0n) is 7.12. The van der Waals surface area contributed by atoms with Crippen LogP contribution in [0.4, 0.5) is 0 Å². The first-order valence-corrected chi connectivity index (χ1v) is 4.26. The Labute approximate surface area is 72.4 Å². The molecular formula is C11H12O. The van der Waals surface area contributed by atoms with Crippen molar-refractivity contribution in [1.82, 2.24) is 0 Å². The summed E-state index contributed by atoms with van der Waals surface area (Å²) in [6, 6.07) is 5.68. The van der Waals surface area contributed by atoms with Crippen molar-refractivity contribution < 1.29 is 5.11 Å². The highest BCUT2D eigenvalue weighted by Gasteiger charge is 2.12. The van der Waals surface area contributed by atoms with Gasteiger partial charge in [0.05, 0.1) is 0 Å². The smallest absolute Gasteiger partial charge is 0.119 e.